The number of hydrogen-bond acceptors (Lipinski definition) is 6. The number of benzene rings is 1. The zero-order valence-electron chi connectivity index (χ0n) is 15.7. The molecule has 1 N–H and O–H groups in total. The molecule has 0 bridgehead atoms. The van der Waals surface area contributed by atoms with E-state index in [1.165, 1.54) is 31.2 Å². The molecule has 2 heterocycles. The van der Waals surface area contributed by atoms with E-state index in [9.17, 15) is 19.2 Å². The molecule has 1 atom stereocenters. The Morgan fingerprint density at radius 1 is 1.48 bits per heavy atom. The van der Waals surface area contributed by atoms with Gasteiger partial charge in [0.1, 0.15) is 17.5 Å². The van der Waals surface area contributed by atoms with Crippen LogP contribution in [0.1, 0.15) is 25.5 Å². The number of ether oxygens (including phenoxy) is 1. The van der Waals surface area contributed by atoms with Crippen LogP contribution in [0.25, 0.3) is 6.08 Å². The van der Waals surface area contributed by atoms with Crippen molar-refractivity contribution in [2.45, 2.75) is 25.9 Å². The van der Waals surface area contributed by atoms with Crippen molar-refractivity contribution in [2.75, 3.05) is 18.1 Å². The molecule has 7 nitrogen and oxygen atoms in total. The highest BCUT2D eigenvalue weighted by molar-refractivity contribution is 7.14. The van der Waals surface area contributed by atoms with Gasteiger partial charge in [0.05, 0.1) is 17.5 Å². The number of halogens is 1. The van der Waals surface area contributed by atoms with Crippen LogP contribution in [0.15, 0.2) is 35.2 Å². The van der Waals surface area contributed by atoms with E-state index in [0.717, 1.165) is 29.1 Å². The van der Waals surface area contributed by atoms with Gasteiger partial charge < -0.3 is 10.1 Å². The standard InChI is InChI=1S/C20H19FN4O3S/c1-13(26)25(18-7-3-2-6-17(18)21)20-24-15(12-29-20)9-14(10-22)19(27)23-11-16-5-4-8-28-16/h2-3,6-7,9,12,16H,4-5,8,11H2,1H3,(H,23,27)/b14-9+/t16-/m0/s1. The average Bonchev–Trinajstić information content (AvgIpc) is 3.38. The van der Waals surface area contributed by atoms with Gasteiger partial charge in [0.2, 0.25) is 5.91 Å². The van der Waals surface area contributed by atoms with Crippen LogP contribution in [0.2, 0.25) is 0 Å². The molecule has 9 heteroatoms. The predicted molar refractivity (Wildman–Crippen MR) is 107 cm³/mol. The smallest absolute Gasteiger partial charge is 0.262 e. The van der Waals surface area contributed by atoms with Crippen molar-refractivity contribution in [2.24, 2.45) is 0 Å². The first kappa shape index (κ1) is 20.6. The average molecular weight is 414 g/mol. The minimum atomic E-state index is -0.554. The molecular formula is C20H19FN4O3S. The fourth-order valence-electron chi connectivity index (χ4n) is 2.89. The molecule has 1 saturated heterocycles. The van der Waals surface area contributed by atoms with E-state index in [4.69, 9.17) is 4.74 Å². The van der Waals surface area contributed by atoms with Gasteiger partial charge in [-0.05, 0) is 31.1 Å². The Hall–Kier alpha value is -3.09. The van der Waals surface area contributed by atoms with Gasteiger partial charge in [-0.2, -0.15) is 5.26 Å². The Balaban J connectivity index is 1.78. The first-order valence-corrected chi connectivity index (χ1v) is 9.90. The van der Waals surface area contributed by atoms with E-state index in [-0.39, 0.29) is 22.5 Å². The zero-order valence-corrected chi connectivity index (χ0v) is 16.5. The summed E-state index contributed by atoms with van der Waals surface area (Å²) in [5, 5.41) is 13.8. The van der Waals surface area contributed by atoms with Gasteiger partial charge in [-0.15, -0.1) is 11.3 Å². The summed E-state index contributed by atoms with van der Waals surface area (Å²) in [5.41, 5.74) is 0.302. The van der Waals surface area contributed by atoms with Crippen LogP contribution in [0, 0.1) is 17.1 Å². The van der Waals surface area contributed by atoms with Crippen molar-refractivity contribution in [3.63, 3.8) is 0 Å². The molecule has 1 aliphatic rings. The number of carbonyl (C=O) groups is 2. The summed E-state index contributed by atoms with van der Waals surface area (Å²) < 4.78 is 19.6. The third-order valence-electron chi connectivity index (χ3n) is 4.28. The number of amides is 2. The van der Waals surface area contributed by atoms with Crippen LogP contribution in [-0.2, 0) is 14.3 Å². The van der Waals surface area contributed by atoms with Gasteiger partial charge in [-0.1, -0.05) is 12.1 Å². The molecule has 1 fully saturated rings. The van der Waals surface area contributed by atoms with E-state index < -0.39 is 17.6 Å². The number of hydrogen-bond donors (Lipinski definition) is 1. The highest BCUT2D eigenvalue weighted by atomic mass is 32.1. The Morgan fingerprint density at radius 2 is 2.28 bits per heavy atom. The molecule has 2 amide bonds. The lowest BCUT2D eigenvalue weighted by atomic mass is 10.2. The first-order chi connectivity index (χ1) is 14.0. The van der Waals surface area contributed by atoms with Crippen molar-refractivity contribution < 1.29 is 18.7 Å². The fourth-order valence-corrected chi connectivity index (χ4v) is 3.73. The van der Waals surface area contributed by atoms with Gasteiger partial charge in [-0.25, -0.2) is 9.37 Å². The maximum Gasteiger partial charge on any atom is 0.262 e. The first-order valence-electron chi connectivity index (χ1n) is 9.02. The number of nitriles is 1. The largest absolute Gasteiger partial charge is 0.376 e. The molecule has 1 aromatic carbocycles. The second-order valence-corrected chi connectivity index (χ2v) is 7.21. The monoisotopic (exact) mass is 414 g/mol. The Kier molecular flexibility index (Phi) is 6.69. The number of carbonyl (C=O) groups excluding carboxylic acids is 2. The number of nitrogens with one attached hydrogen (secondary N) is 1. The highest BCUT2D eigenvalue weighted by Gasteiger charge is 2.21. The minimum Gasteiger partial charge on any atom is -0.376 e. The topological polar surface area (TPSA) is 95.3 Å². The highest BCUT2D eigenvalue weighted by Crippen LogP contribution is 2.31. The van der Waals surface area contributed by atoms with Crippen LogP contribution in [0.3, 0.4) is 0 Å². The fraction of sp³-hybridized carbons (Fsp3) is 0.300. The number of aromatic nitrogens is 1. The van der Waals surface area contributed by atoms with E-state index in [1.807, 2.05) is 6.07 Å². The Bertz CT molecular complexity index is 976. The van der Waals surface area contributed by atoms with Gasteiger partial charge in [0.25, 0.3) is 5.91 Å². The van der Waals surface area contributed by atoms with Crippen LogP contribution in [0.4, 0.5) is 15.2 Å². The summed E-state index contributed by atoms with van der Waals surface area (Å²) in [6.07, 6.45) is 3.13. The molecule has 1 aromatic heterocycles. The van der Waals surface area contributed by atoms with Crippen molar-refractivity contribution in [3.8, 4) is 6.07 Å². The molecule has 150 valence electrons. The lowest BCUT2D eigenvalue weighted by Gasteiger charge is -2.18. The van der Waals surface area contributed by atoms with E-state index in [2.05, 4.69) is 10.3 Å². The molecule has 0 unspecified atom stereocenters. The van der Waals surface area contributed by atoms with E-state index in [1.54, 1.807) is 11.4 Å². The van der Waals surface area contributed by atoms with Gasteiger partial charge in [0.15, 0.2) is 5.13 Å². The Morgan fingerprint density at radius 3 is 2.93 bits per heavy atom. The lowest BCUT2D eigenvalue weighted by Crippen LogP contribution is -2.32. The lowest BCUT2D eigenvalue weighted by molar-refractivity contribution is -0.117. The van der Waals surface area contributed by atoms with Gasteiger partial charge >= 0.3 is 0 Å². The number of rotatable bonds is 6. The zero-order chi connectivity index (χ0) is 20.8. The van der Waals surface area contributed by atoms with Gasteiger partial charge in [-0.3, -0.25) is 14.5 Å². The summed E-state index contributed by atoms with van der Waals surface area (Å²) in [5.74, 6) is -1.48. The summed E-state index contributed by atoms with van der Waals surface area (Å²) in [6, 6.07) is 7.74. The predicted octanol–water partition coefficient (Wildman–Crippen LogP) is 3.17. The van der Waals surface area contributed by atoms with Crippen molar-refractivity contribution in [1.82, 2.24) is 10.3 Å². The number of para-hydroxylation sites is 1. The van der Waals surface area contributed by atoms with E-state index in [0.29, 0.717) is 18.8 Å². The molecule has 0 aliphatic carbocycles. The molecule has 0 spiro atoms. The molecule has 3 rings (SSSR count). The summed E-state index contributed by atoms with van der Waals surface area (Å²) in [6.45, 7) is 2.33. The maximum atomic E-state index is 14.1. The SMILES string of the molecule is CC(=O)N(c1nc(/C=C(\C#N)C(=O)NC[C@@H]2CCCO2)cs1)c1ccccc1F. The third kappa shape index (κ3) is 5.04. The Labute approximate surface area is 171 Å². The van der Waals surface area contributed by atoms with Crippen molar-refractivity contribution >= 4 is 40.0 Å². The third-order valence-corrected chi connectivity index (χ3v) is 5.12. The number of nitrogens with zero attached hydrogens (tertiary/aromatic N) is 3. The molecular weight excluding hydrogens is 395 g/mol. The second kappa shape index (κ2) is 9.41. The number of thiazole rings is 1. The minimum absolute atomic E-state index is 0.0327. The molecule has 1 aliphatic heterocycles. The quantitative estimate of drug-likeness (QED) is 0.579. The summed E-state index contributed by atoms with van der Waals surface area (Å²) >= 11 is 1.11. The molecule has 29 heavy (non-hydrogen) atoms. The summed E-state index contributed by atoms with van der Waals surface area (Å²) in [4.78, 5) is 29.8. The van der Waals surface area contributed by atoms with Crippen molar-refractivity contribution in [3.05, 3.63) is 46.7 Å². The summed E-state index contributed by atoms with van der Waals surface area (Å²) in [7, 11) is 0. The van der Waals surface area contributed by atoms with Crippen molar-refractivity contribution in [1.29, 1.82) is 5.26 Å². The van der Waals surface area contributed by atoms with Crippen LogP contribution < -0.4 is 10.2 Å². The normalized spacial score (nSPS) is 16.3. The van der Waals surface area contributed by atoms with Gasteiger partial charge in [0, 0.05) is 25.5 Å². The molecule has 0 saturated carbocycles. The molecule has 2 aromatic rings. The second-order valence-electron chi connectivity index (χ2n) is 6.38. The van der Waals surface area contributed by atoms with Crippen LogP contribution >= 0.6 is 11.3 Å². The van der Waals surface area contributed by atoms with Crippen LogP contribution in [0.5, 0.6) is 0 Å². The van der Waals surface area contributed by atoms with Crippen LogP contribution in [-0.4, -0.2) is 36.1 Å². The molecule has 0 radical (unpaired) electrons. The van der Waals surface area contributed by atoms with E-state index >= 15 is 0 Å². The maximum absolute atomic E-state index is 14.1. The number of anilines is 2.